The number of rotatable bonds is 2. The van der Waals surface area contributed by atoms with Gasteiger partial charge in [-0.2, -0.15) is 0 Å². The average Bonchev–Trinajstić information content (AvgIpc) is 3.16. The molecule has 0 saturated carbocycles. The quantitative estimate of drug-likeness (QED) is 0.172. The number of aromatic hydroxyl groups is 1. The average molecular weight is 763 g/mol. The number of hydrogen-bond donors (Lipinski definition) is 7. The number of aliphatic imine (C=N–C) groups is 1. The summed E-state index contributed by atoms with van der Waals surface area (Å²) in [5.74, 6) is 8.21. The second kappa shape index (κ2) is 16.0. The van der Waals surface area contributed by atoms with Gasteiger partial charge in [-0.05, 0) is 106 Å². The maximum absolute atomic E-state index is 13.1. The van der Waals surface area contributed by atoms with Crippen molar-refractivity contribution >= 4 is 11.9 Å². The van der Waals surface area contributed by atoms with Gasteiger partial charge in [-0.15, -0.1) is 0 Å². The molecule has 10 bridgehead atoms. The highest BCUT2D eigenvalue weighted by Crippen LogP contribution is 2.48. The standard InChI is InChI=1S/C42H62N6O7/c1-26(50)54-38-18-33(51)6-10-41(23-45-40(43)46-25-47-19-27-13-30(21-47)36-7-11-42(41,53)24-48(36)20-27)9-5-28-3-2-4-32-17-34(8-12-44-32)55-39-16-29(14-35(28)38)31(22-49)15-37(39)52/h15-16,27-28,30,32-36,38,44,49,51-53H,2-4,6-8,10-14,17-25H2,1H3,(H3,43,45,46)/t27-,28+,30-,32-,33+,34-,35-,36-,38-,41+,42+/m1/s1. The van der Waals surface area contributed by atoms with Gasteiger partial charge >= 0.3 is 5.97 Å². The number of phenols is 1. The Balaban J connectivity index is 1.24. The maximum atomic E-state index is 13.1. The summed E-state index contributed by atoms with van der Waals surface area (Å²) in [7, 11) is 0. The molecule has 4 saturated heterocycles. The number of aliphatic hydroxyl groups is 3. The van der Waals surface area contributed by atoms with Crippen LogP contribution in [0.1, 0.15) is 88.7 Å². The Kier molecular flexibility index (Phi) is 11.3. The van der Waals surface area contributed by atoms with Crippen molar-refractivity contribution in [1.29, 1.82) is 0 Å². The number of aliphatic hydroxyl groups excluding tert-OH is 2. The first kappa shape index (κ1) is 38.7. The number of ether oxygens (including phenoxy) is 2. The number of piperidine rings is 4. The van der Waals surface area contributed by atoms with Gasteiger partial charge in [0.25, 0.3) is 0 Å². The van der Waals surface area contributed by atoms with Crippen molar-refractivity contribution in [2.45, 2.75) is 127 Å². The first-order valence-corrected chi connectivity index (χ1v) is 21.0. The van der Waals surface area contributed by atoms with Crippen LogP contribution in [-0.4, -0.2) is 124 Å². The first-order valence-electron chi connectivity index (χ1n) is 21.0. The van der Waals surface area contributed by atoms with E-state index < -0.39 is 29.2 Å². The molecule has 1 spiro atoms. The molecule has 55 heavy (non-hydrogen) atoms. The highest BCUT2D eigenvalue weighted by Gasteiger charge is 2.56. The Morgan fingerprint density at radius 3 is 2.84 bits per heavy atom. The van der Waals surface area contributed by atoms with E-state index in [-0.39, 0.29) is 49.3 Å². The summed E-state index contributed by atoms with van der Waals surface area (Å²) >= 11 is 0. The van der Waals surface area contributed by atoms with Crippen molar-refractivity contribution in [2.24, 2.45) is 39.8 Å². The Labute approximate surface area is 325 Å². The Morgan fingerprint density at radius 1 is 1.13 bits per heavy atom. The third-order valence-corrected chi connectivity index (χ3v) is 14.3. The number of hydrogen-bond acceptors (Lipinski definition) is 13. The predicted molar refractivity (Wildman–Crippen MR) is 207 cm³/mol. The number of esters is 1. The summed E-state index contributed by atoms with van der Waals surface area (Å²) in [5.41, 5.74) is 5.78. The molecule has 7 heterocycles. The minimum absolute atomic E-state index is 0.0140. The number of carbonyl (C=O) groups excluding carboxylic acids is 1. The van der Waals surface area contributed by atoms with Crippen LogP contribution in [0.25, 0.3) is 0 Å². The second-order valence-electron chi connectivity index (χ2n) is 18.0. The first-order chi connectivity index (χ1) is 26.5. The number of benzene rings is 1. The monoisotopic (exact) mass is 762 g/mol. The topological polar surface area (TPSA) is 185 Å². The van der Waals surface area contributed by atoms with Crippen molar-refractivity contribution in [3.05, 3.63) is 23.3 Å². The van der Waals surface area contributed by atoms with Gasteiger partial charge in [0.15, 0.2) is 17.5 Å². The van der Waals surface area contributed by atoms with Gasteiger partial charge in [0.05, 0.1) is 30.4 Å². The van der Waals surface area contributed by atoms with E-state index in [1.165, 1.54) is 13.3 Å². The summed E-state index contributed by atoms with van der Waals surface area (Å²) < 4.78 is 12.5. The van der Waals surface area contributed by atoms with Crippen molar-refractivity contribution in [3.8, 4) is 23.3 Å². The lowest BCUT2D eigenvalue weighted by Crippen LogP contribution is -2.67. The van der Waals surface area contributed by atoms with Crippen LogP contribution in [0, 0.1) is 40.9 Å². The molecule has 1 aliphatic carbocycles. The van der Waals surface area contributed by atoms with Crippen LogP contribution in [0.3, 0.4) is 0 Å². The zero-order chi connectivity index (χ0) is 38.3. The summed E-state index contributed by atoms with van der Waals surface area (Å²) in [5, 5.41) is 53.6. The van der Waals surface area contributed by atoms with E-state index in [1.54, 1.807) is 6.07 Å². The largest absolute Gasteiger partial charge is 0.504 e. The molecule has 8 N–H and O–H groups in total. The van der Waals surface area contributed by atoms with Gasteiger partial charge in [0, 0.05) is 70.0 Å². The molecule has 8 aliphatic rings. The van der Waals surface area contributed by atoms with Gasteiger partial charge in [0.2, 0.25) is 0 Å². The molecule has 7 aliphatic heterocycles. The molecule has 302 valence electrons. The molecule has 0 aromatic heterocycles. The smallest absolute Gasteiger partial charge is 0.302 e. The number of phenolic OH excluding ortho intramolecular Hbond substituents is 1. The number of guanidine groups is 1. The number of nitrogens with one attached hydrogen (secondary N) is 2. The fraction of sp³-hybridized carbons (Fsp3) is 0.762. The number of carbonyl (C=O) groups is 1. The molecule has 1 aromatic rings. The van der Waals surface area contributed by atoms with Crippen molar-refractivity contribution < 1.29 is 34.7 Å². The molecule has 9 rings (SSSR count). The normalized spacial score (nSPS) is 41.7. The van der Waals surface area contributed by atoms with Crippen LogP contribution in [0.5, 0.6) is 11.5 Å². The van der Waals surface area contributed by atoms with Crippen LogP contribution < -0.4 is 21.1 Å². The van der Waals surface area contributed by atoms with E-state index >= 15 is 0 Å². The Hall–Kier alpha value is -3.12. The summed E-state index contributed by atoms with van der Waals surface area (Å²) in [4.78, 5) is 22.5. The molecule has 0 radical (unpaired) electrons. The molecular formula is C42H62N6O7. The van der Waals surface area contributed by atoms with Crippen LogP contribution in [0.2, 0.25) is 0 Å². The minimum Gasteiger partial charge on any atom is -0.504 e. The van der Waals surface area contributed by atoms with E-state index in [4.69, 9.17) is 20.2 Å². The van der Waals surface area contributed by atoms with Crippen LogP contribution >= 0.6 is 0 Å². The highest BCUT2D eigenvalue weighted by atomic mass is 16.5. The molecule has 2 unspecified atom stereocenters. The molecule has 13 heteroatoms. The Morgan fingerprint density at radius 2 is 2.00 bits per heavy atom. The van der Waals surface area contributed by atoms with Crippen molar-refractivity contribution in [2.75, 3.05) is 45.9 Å². The molecule has 13 atom stereocenters. The van der Waals surface area contributed by atoms with Crippen LogP contribution in [-0.2, 0) is 22.6 Å². The second-order valence-corrected chi connectivity index (χ2v) is 18.0. The molecule has 4 fully saturated rings. The van der Waals surface area contributed by atoms with Gasteiger partial charge in [-0.3, -0.25) is 14.6 Å². The lowest BCUT2D eigenvalue weighted by molar-refractivity contribution is -0.153. The van der Waals surface area contributed by atoms with E-state index in [9.17, 15) is 25.2 Å². The summed E-state index contributed by atoms with van der Waals surface area (Å²) in [6.45, 7) is 6.17. The van der Waals surface area contributed by atoms with Gasteiger partial charge < -0.3 is 46.3 Å². The Bertz CT molecular complexity index is 1670. The van der Waals surface area contributed by atoms with Crippen LogP contribution in [0.4, 0.5) is 0 Å². The third-order valence-electron chi connectivity index (χ3n) is 14.3. The highest BCUT2D eigenvalue weighted by molar-refractivity contribution is 5.78. The van der Waals surface area contributed by atoms with E-state index in [0.717, 1.165) is 63.8 Å². The van der Waals surface area contributed by atoms with Gasteiger partial charge in [-0.25, -0.2) is 4.99 Å². The van der Waals surface area contributed by atoms with E-state index in [0.29, 0.717) is 80.5 Å². The number of nitrogens with zero attached hydrogens (tertiary/aromatic N) is 3. The van der Waals surface area contributed by atoms with Gasteiger partial charge in [-0.1, -0.05) is 18.3 Å². The van der Waals surface area contributed by atoms with E-state index in [1.807, 2.05) is 6.07 Å². The lowest BCUT2D eigenvalue weighted by Gasteiger charge is -2.58. The summed E-state index contributed by atoms with van der Waals surface area (Å²) in [6, 6.07) is 4.05. The molecule has 1 aromatic carbocycles. The van der Waals surface area contributed by atoms with Crippen molar-refractivity contribution in [3.63, 3.8) is 0 Å². The molecule has 13 nitrogen and oxygen atoms in total. The number of fused-ring (bicyclic) bond motifs is 9. The zero-order valence-electron chi connectivity index (χ0n) is 32.4. The minimum atomic E-state index is -1.18. The maximum Gasteiger partial charge on any atom is 0.302 e. The molecular weight excluding hydrogens is 700 g/mol. The predicted octanol–water partition coefficient (Wildman–Crippen LogP) is 1.83. The van der Waals surface area contributed by atoms with E-state index in [2.05, 4.69) is 32.3 Å². The fourth-order valence-corrected chi connectivity index (χ4v) is 11.5. The van der Waals surface area contributed by atoms with Crippen LogP contribution in [0.15, 0.2) is 17.1 Å². The van der Waals surface area contributed by atoms with Crippen molar-refractivity contribution in [1.82, 2.24) is 20.4 Å². The molecule has 0 amide bonds. The summed E-state index contributed by atoms with van der Waals surface area (Å²) in [6.07, 6.45) is 6.63. The number of nitrogens with two attached hydrogens (primary N) is 1. The lowest BCUT2D eigenvalue weighted by atomic mass is 9.62. The SMILES string of the molecule is CC(=O)O[C@@H]1C[C@@H](O)CC[C@@]2(C#C[C@@H]3CCC[C@@H]4C[C@@H](CCN4)Oc4cc(c(CO)cc4O)C[C@H]31)CNC(N)=NCN1C[C@H]3C[C@H](C1)[C@H]1CC[C@]2(O)CN1C3. The zero-order valence-corrected chi connectivity index (χ0v) is 32.4. The third kappa shape index (κ3) is 8.18. The van der Waals surface area contributed by atoms with Gasteiger partial charge in [0.1, 0.15) is 12.2 Å². The fourth-order valence-electron chi connectivity index (χ4n) is 11.5.